The highest BCUT2D eigenvalue weighted by Crippen LogP contribution is 2.41. The molecule has 2 rings (SSSR count). The van der Waals surface area contributed by atoms with Crippen molar-refractivity contribution in [3.8, 4) is 5.75 Å². The lowest BCUT2D eigenvalue weighted by molar-refractivity contribution is 0.407. The maximum absolute atomic E-state index is 5.39. The van der Waals surface area contributed by atoms with Gasteiger partial charge in [-0.2, -0.15) is 0 Å². The minimum atomic E-state index is 0.390. The molecule has 1 aromatic rings. The van der Waals surface area contributed by atoms with Gasteiger partial charge in [0.1, 0.15) is 5.75 Å². The second kappa shape index (κ2) is 3.88. The van der Waals surface area contributed by atoms with E-state index >= 15 is 0 Å². The van der Waals surface area contributed by atoms with E-state index in [1.165, 1.54) is 36.8 Å². The Hall–Kier alpha value is -0.980. The lowest BCUT2D eigenvalue weighted by atomic mass is 9.81. The Morgan fingerprint density at radius 1 is 1.20 bits per heavy atom. The molecular weight excluding hydrogens is 184 g/mol. The number of aryl methyl sites for hydroxylation is 1. The first-order chi connectivity index (χ1) is 7.15. The van der Waals surface area contributed by atoms with E-state index in [0.29, 0.717) is 5.41 Å². The SMILES string of the molecule is COc1cc(C2(C)CCCC2)ccc1C. The molecule has 1 heteroatoms. The van der Waals surface area contributed by atoms with Crippen LogP contribution in [0.1, 0.15) is 43.7 Å². The average Bonchev–Trinajstić information content (AvgIpc) is 2.67. The Bertz CT molecular complexity index is 348. The van der Waals surface area contributed by atoms with Crippen molar-refractivity contribution >= 4 is 0 Å². The van der Waals surface area contributed by atoms with Gasteiger partial charge in [0, 0.05) is 0 Å². The molecular formula is C14H20O. The molecule has 1 nitrogen and oxygen atoms in total. The van der Waals surface area contributed by atoms with Gasteiger partial charge in [0.2, 0.25) is 0 Å². The Labute approximate surface area is 92.5 Å². The van der Waals surface area contributed by atoms with E-state index in [1.54, 1.807) is 7.11 Å². The van der Waals surface area contributed by atoms with Gasteiger partial charge in [-0.05, 0) is 42.4 Å². The molecule has 1 aliphatic rings. The highest BCUT2D eigenvalue weighted by atomic mass is 16.5. The van der Waals surface area contributed by atoms with Crippen LogP contribution in [0.4, 0.5) is 0 Å². The molecule has 0 bridgehead atoms. The molecule has 0 aliphatic heterocycles. The van der Waals surface area contributed by atoms with E-state index in [2.05, 4.69) is 32.0 Å². The number of benzene rings is 1. The standard InChI is InChI=1S/C14H20O/c1-11-6-7-12(10-13(11)15-3)14(2)8-4-5-9-14/h6-7,10H,4-5,8-9H2,1-3H3. The van der Waals surface area contributed by atoms with Crippen molar-refractivity contribution in [2.45, 2.75) is 44.9 Å². The fourth-order valence-corrected chi connectivity index (χ4v) is 2.64. The first-order valence-electron chi connectivity index (χ1n) is 5.81. The molecule has 82 valence electrons. The van der Waals surface area contributed by atoms with Crippen molar-refractivity contribution in [2.24, 2.45) is 0 Å². The summed E-state index contributed by atoms with van der Waals surface area (Å²) in [6.07, 6.45) is 5.37. The van der Waals surface area contributed by atoms with Crippen LogP contribution in [0.2, 0.25) is 0 Å². The van der Waals surface area contributed by atoms with Gasteiger partial charge < -0.3 is 4.74 Å². The Balaban J connectivity index is 2.36. The van der Waals surface area contributed by atoms with Gasteiger partial charge in [-0.1, -0.05) is 31.9 Å². The summed E-state index contributed by atoms with van der Waals surface area (Å²) in [4.78, 5) is 0. The van der Waals surface area contributed by atoms with E-state index < -0.39 is 0 Å². The molecule has 15 heavy (non-hydrogen) atoms. The number of methoxy groups -OCH3 is 1. The van der Waals surface area contributed by atoms with Crippen LogP contribution in [0, 0.1) is 6.92 Å². The van der Waals surface area contributed by atoms with E-state index in [1.807, 2.05) is 0 Å². The summed E-state index contributed by atoms with van der Waals surface area (Å²) >= 11 is 0. The number of rotatable bonds is 2. The highest BCUT2D eigenvalue weighted by Gasteiger charge is 2.30. The molecule has 0 radical (unpaired) electrons. The quantitative estimate of drug-likeness (QED) is 0.711. The number of ether oxygens (including phenoxy) is 1. The van der Waals surface area contributed by atoms with Crippen LogP contribution in [0.5, 0.6) is 5.75 Å². The lowest BCUT2D eigenvalue weighted by Crippen LogP contribution is -2.16. The predicted octanol–water partition coefficient (Wildman–Crippen LogP) is 3.84. The third-order valence-electron chi connectivity index (χ3n) is 3.81. The van der Waals surface area contributed by atoms with Crippen molar-refractivity contribution in [3.63, 3.8) is 0 Å². The van der Waals surface area contributed by atoms with Gasteiger partial charge in [0.05, 0.1) is 7.11 Å². The number of hydrogen-bond acceptors (Lipinski definition) is 1. The Morgan fingerprint density at radius 2 is 1.87 bits per heavy atom. The van der Waals surface area contributed by atoms with Crippen molar-refractivity contribution < 1.29 is 4.74 Å². The zero-order chi connectivity index (χ0) is 10.9. The van der Waals surface area contributed by atoms with Gasteiger partial charge in [-0.15, -0.1) is 0 Å². The maximum atomic E-state index is 5.39. The van der Waals surface area contributed by atoms with E-state index in [9.17, 15) is 0 Å². The minimum absolute atomic E-state index is 0.390. The Morgan fingerprint density at radius 3 is 2.47 bits per heavy atom. The lowest BCUT2D eigenvalue weighted by Gasteiger charge is -2.25. The number of hydrogen-bond donors (Lipinski definition) is 0. The molecule has 1 saturated carbocycles. The second-order valence-electron chi connectivity index (χ2n) is 4.95. The van der Waals surface area contributed by atoms with Crippen LogP contribution < -0.4 is 4.74 Å². The first kappa shape index (κ1) is 10.5. The van der Waals surface area contributed by atoms with Gasteiger partial charge in [0.25, 0.3) is 0 Å². The molecule has 0 N–H and O–H groups in total. The van der Waals surface area contributed by atoms with Gasteiger partial charge in [-0.25, -0.2) is 0 Å². The molecule has 0 heterocycles. The van der Waals surface area contributed by atoms with Crippen molar-refractivity contribution in [1.29, 1.82) is 0 Å². The molecule has 0 unspecified atom stereocenters. The fourth-order valence-electron chi connectivity index (χ4n) is 2.64. The van der Waals surface area contributed by atoms with Crippen LogP contribution in [0.3, 0.4) is 0 Å². The van der Waals surface area contributed by atoms with Crippen molar-refractivity contribution in [1.82, 2.24) is 0 Å². The molecule has 0 saturated heterocycles. The van der Waals surface area contributed by atoms with E-state index in [4.69, 9.17) is 4.74 Å². The van der Waals surface area contributed by atoms with E-state index in [-0.39, 0.29) is 0 Å². The molecule has 0 atom stereocenters. The average molecular weight is 204 g/mol. The summed E-state index contributed by atoms with van der Waals surface area (Å²) in [6.45, 7) is 4.48. The van der Waals surface area contributed by atoms with Gasteiger partial charge in [-0.3, -0.25) is 0 Å². The summed E-state index contributed by atoms with van der Waals surface area (Å²) in [5.41, 5.74) is 3.06. The van der Waals surface area contributed by atoms with Crippen LogP contribution in [-0.4, -0.2) is 7.11 Å². The van der Waals surface area contributed by atoms with Crippen LogP contribution in [-0.2, 0) is 5.41 Å². The predicted molar refractivity (Wildman–Crippen MR) is 63.6 cm³/mol. The Kier molecular flexibility index (Phi) is 2.72. The normalized spacial score (nSPS) is 19.1. The van der Waals surface area contributed by atoms with Crippen LogP contribution in [0.15, 0.2) is 18.2 Å². The molecule has 0 spiro atoms. The summed E-state index contributed by atoms with van der Waals surface area (Å²) in [5, 5.41) is 0. The van der Waals surface area contributed by atoms with E-state index in [0.717, 1.165) is 5.75 Å². The molecule has 0 aromatic heterocycles. The van der Waals surface area contributed by atoms with Crippen molar-refractivity contribution in [3.05, 3.63) is 29.3 Å². The van der Waals surface area contributed by atoms with Crippen molar-refractivity contribution in [2.75, 3.05) is 7.11 Å². The third kappa shape index (κ3) is 1.88. The van der Waals surface area contributed by atoms with Gasteiger partial charge in [0.15, 0.2) is 0 Å². The summed E-state index contributed by atoms with van der Waals surface area (Å²) in [7, 11) is 1.75. The molecule has 1 aliphatic carbocycles. The molecule has 1 aromatic carbocycles. The zero-order valence-corrected chi connectivity index (χ0v) is 9.97. The second-order valence-corrected chi connectivity index (χ2v) is 4.95. The molecule has 1 fully saturated rings. The monoisotopic (exact) mass is 204 g/mol. The first-order valence-corrected chi connectivity index (χ1v) is 5.81. The fraction of sp³-hybridized carbons (Fsp3) is 0.571. The largest absolute Gasteiger partial charge is 0.496 e. The third-order valence-corrected chi connectivity index (χ3v) is 3.81. The topological polar surface area (TPSA) is 9.23 Å². The highest BCUT2D eigenvalue weighted by molar-refractivity contribution is 5.40. The summed E-state index contributed by atoms with van der Waals surface area (Å²) < 4.78 is 5.39. The van der Waals surface area contributed by atoms with Crippen LogP contribution >= 0.6 is 0 Å². The van der Waals surface area contributed by atoms with Crippen LogP contribution in [0.25, 0.3) is 0 Å². The summed E-state index contributed by atoms with van der Waals surface area (Å²) in [5.74, 6) is 1.03. The zero-order valence-electron chi connectivity index (χ0n) is 9.97. The summed E-state index contributed by atoms with van der Waals surface area (Å²) in [6, 6.07) is 6.67. The molecule has 0 amide bonds. The minimum Gasteiger partial charge on any atom is -0.496 e. The smallest absolute Gasteiger partial charge is 0.122 e. The van der Waals surface area contributed by atoms with Gasteiger partial charge >= 0.3 is 0 Å². The maximum Gasteiger partial charge on any atom is 0.122 e.